The fourth-order valence-electron chi connectivity index (χ4n) is 8.68. The maximum Gasteiger partial charge on any atom is 0.145 e. The lowest BCUT2D eigenvalue weighted by atomic mass is 9.98. The summed E-state index contributed by atoms with van der Waals surface area (Å²) >= 11 is 0. The average Bonchev–Trinajstić information content (AvgIpc) is 3.59. The Balaban J connectivity index is 0.967. The first-order valence-corrected chi connectivity index (χ1v) is 19.8. The first-order chi connectivity index (χ1) is 28.8. The monoisotopic (exact) mass is 742 g/mol. The Hall–Kier alpha value is -7.69. The fraction of sp³-hybridized carbons (Fsp3) is 0.0185. The number of allylic oxidation sites excluding steroid dienone is 1. The second kappa shape index (κ2) is 14.1. The van der Waals surface area contributed by atoms with Gasteiger partial charge in [0.15, 0.2) is 0 Å². The second-order valence-corrected chi connectivity index (χ2v) is 14.8. The van der Waals surface area contributed by atoms with E-state index in [1.165, 1.54) is 33.3 Å². The zero-order valence-corrected chi connectivity index (χ0v) is 31.7. The van der Waals surface area contributed by atoms with Crippen molar-refractivity contribution in [2.75, 3.05) is 4.90 Å². The van der Waals surface area contributed by atoms with Crippen molar-refractivity contribution in [3.8, 4) is 39.2 Å². The van der Waals surface area contributed by atoms with Crippen LogP contribution in [0.4, 0.5) is 17.1 Å². The van der Waals surface area contributed by atoms with E-state index in [9.17, 15) is 0 Å². The smallest absolute Gasteiger partial charge is 0.145 e. The number of nitrogens with zero attached hydrogens (tertiary/aromatic N) is 3. The van der Waals surface area contributed by atoms with Crippen LogP contribution in [-0.2, 0) is 0 Å². The van der Waals surface area contributed by atoms with Gasteiger partial charge in [-0.05, 0) is 76.4 Å². The molecule has 0 saturated carbocycles. The Morgan fingerprint density at radius 2 is 0.983 bits per heavy atom. The fourth-order valence-corrected chi connectivity index (χ4v) is 8.68. The van der Waals surface area contributed by atoms with Crippen LogP contribution in [0.5, 0.6) is 0 Å². The predicted molar refractivity (Wildman–Crippen MR) is 241 cm³/mol. The molecular formula is C54H38N4. The minimum Gasteiger partial charge on any atom is -0.360 e. The largest absolute Gasteiger partial charge is 0.360 e. The number of hydrogen-bond acceptors (Lipinski definition) is 3. The van der Waals surface area contributed by atoms with Crippen LogP contribution < -0.4 is 10.2 Å². The number of para-hydroxylation sites is 4. The Morgan fingerprint density at radius 1 is 0.431 bits per heavy atom. The first-order valence-electron chi connectivity index (χ1n) is 19.8. The highest BCUT2D eigenvalue weighted by atomic mass is 15.2. The molecule has 274 valence electrons. The molecule has 1 unspecified atom stereocenters. The molecule has 2 aliphatic heterocycles. The van der Waals surface area contributed by atoms with E-state index in [4.69, 9.17) is 4.99 Å². The van der Waals surface area contributed by atoms with E-state index in [2.05, 4.69) is 221 Å². The molecule has 58 heavy (non-hydrogen) atoms. The lowest BCUT2D eigenvalue weighted by Gasteiger charge is -2.27. The molecule has 4 heteroatoms. The van der Waals surface area contributed by atoms with Crippen molar-refractivity contribution in [1.29, 1.82) is 0 Å². The third-order valence-electron chi connectivity index (χ3n) is 11.4. The zero-order chi connectivity index (χ0) is 38.4. The predicted octanol–water partition coefficient (Wildman–Crippen LogP) is 13.5. The summed E-state index contributed by atoms with van der Waals surface area (Å²) in [7, 11) is 0. The summed E-state index contributed by atoms with van der Waals surface area (Å²) < 4.78 is 2.44. The van der Waals surface area contributed by atoms with Crippen molar-refractivity contribution < 1.29 is 0 Å². The van der Waals surface area contributed by atoms with Crippen LogP contribution in [0.1, 0.15) is 22.9 Å². The topological polar surface area (TPSA) is 32.6 Å². The van der Waals surface area contributed by atoms with Crippen molar-refractivity contribution in [2.45, 2.75) is 6.17 Å². The summed E-state index contributed by atoms with van der Waals surface area (Å²) in [5.41, 5.74) is 18.3. The van der Waals surface area contributed by atoms with Crippen LogP contribution in [-0.4, -0.2) is 10.3 Å². The molecule has 0 spiro atoms. The third kappa shape index (κ3) is 5.74. The third-order valence-corrected chi connectivity index (χ3v) is 11.4. The van der Waals surface area contributed by atoms with Crippen LogP contribution >= 0.6 is 0 Å². The van der Waals surface area contributed by atoms with Gasteiger partial charge in [-0.15, -0.1) is 0 Å². The standard InChI is InChI=1S/C54H38N4/c1-4-16-39(17-5-1)47-36-48(56-54(55-47)41-18-6-2-7-19-41)40-30-28-37(29-31-40)38-32-34-43(35-33-38)57-49-25-13-10-22-44(49)52-45-23-11-14-26-50(45)58(42-20-8-3-9-21-42)53(52)46-24-12-15-27-51(46)57/h1-36,54,56H. The normalized spacial score (nSPS) is 14.3. The maximum absolute atomic E-state index is 5.11. The van der Waals surface area contributed by atoms with Gasteiger partial charge < -0.3 is 14.8 Å². The molecule has 1 aromatic heterocycles. The second-order valence-electron chi connectivity index (χ2n) is 14.8. The summed E-state index contributed by atoms with van der Waals surface area (Å²) in [6, 6.07) is 76.0. The van der Waals surface area contributed by atoms with Gasteiger partial charge >= 0.3 is 0 Å². The zero-order valence-electron chi connectivity index (χ0n) is 31.7. The van der Waals surface area contributed by atoms with Gasteiger partial charge in [0.2, 0.25) is 0 Å². The number of hydrogen-bond donors (Lipinski definition) is 1. The van der Waals surface area contributed by atoms with Gasteiger partial charge in [-0.25, -0.2) is 0 Å². The van der Waals surface area contributed by atoms with E-state index < -0.39 is 0 Å². The molecular weight excluding hydrogens is 705 g/mol. The van der Waals surface area contributed by atoms with Crippen molar-refractivity contribution in [3.63, 3.8) is 0 Å². The van der Waals surface area contributed by atoms with Crippen LogP contribution in [0.2, 0.25) is 0 Å². The lowest BCUT2D eigenvalue weighted by Crippen LogP contribution is -2.24. The van der Waals surface area contributed by atoms with E-state index in [0.29, 0.717) is 0 Å². The van der Waals surface area contributed by atoms with Crippen LogP contribution in [0, 0.1) is 0 Å². The number of benzene rings is 8. The van der Waals surface area contributed by atoms with E-state index >= 15 is 0 Å². The average molecular weight is 743 g/mol. The molecule has 0 radical (unpaired) electrons. The van der Waals surface area contributed by atoms with Gasteiger partial charge in [-0.2, -0.15) is 0 Å². The van der Waals surface area contributed by atoms with Gasteiger partial charge in [-0.1, -0.05) is 170 Å². The van der Waals surface area contributed by atoms with E-state index in [1.807, 2.05) is 12.1 Å². The Kier molecular flexibility index (Phi) is 8.18. The van der Waals surface area contributed by atoms with E-state index in [-0.39, 0.29) is 6.17 Å². The highest BCUT2D eigenvalue weighted by Gasteiger charge is 2.31. The molecule has 8 aromatic carbocycles. The van der Waals surface area contributed by atoms with Crippen molar-refractivity contribution in [3.05, 3.63) is 235 Å². The molecule has 1 atom stereocenters. The van der Waals surface area contributed by atoms with Crippen molar-refractivity contribution in [1.82, 2.24) is 9.88 Å². The number of rotatable bonds is 6. The van der Waals surface area contributed by atoms with Gasteiger partial charge in [0.1, 0.15) is 6.17 Å². The van der Waals surface area contributed by atoms with Crippen LogP contribution in [0.3, 0.4) is 0 Å². The highest BCUT2D eigenvalue weighted by Crippen LogP contribution is 2.54. The Bertz CT molecular complexity index is 3000. The molecule has 0 bridgehead atoms. The molecule has 0 fully saturated rings. The molecule has 9 aromatic rings. The summed E-state index contributed by atoms with van der Waals surface area (Å²) in [6.07, 6.45) is 1.99. The molecule has 3 heterocycles. The Morgan fingerprint density at radius 3 is 1.71 bits per heavy atom. The summed E-state index contributed by atoms with van der Waals surface area (Å²) in [5.74, 6) is 0. The van der Waals surface area contributed by atoms with E-state index in [0.717, 1.165) is 62.0 Å². The quantitative estimate of drug-likeness (QED) is 0.184. The summed E-state index contributed by atoms with van der Waals surface area (Å²) in [5, 5.41) is 4.94. The number of aromatic nitrogens is 1. The SMILES string of the molecule is C1=C(c2ccc(-c3ccc(N4c5ccccc5-c5c(n(-c6ccccc6)c6ccccc56)-c5ccccc54)cc3)cc2)NC(c2ccccc2)N=C1c1ccccc1. The molecule has 1 N–H and O–H groups in total. The highest BCUT2D eigenvalue weighted by molar-refractivity contribution is 6.14. The lowest BCUT2D eigenvalue weighted by molar-refractivity contribution is 0.664. The maximum atomic E-state index is 5.11. The number of anilines is 3. The van der Waals surface area contributed by atoms with Gasteiger partial charge in [0, 0.05) is 39.1 Å². The van der Waals surface area contributed by atoms with E-state index in [1.54, 1.807) is 0 Å². The van der Waals surface area contributed by atoms with Crippen molar-refractivity contribution >= 4 is 39.4 Å². The molecule has 4 nitrogen and oxygen atoms in total. The molecule has 11 rings (SSSR count). The van der Waals surface area contributed by atoms with Gasteiger partial charge in [0.05, 0.1) is 28.3 Å². The number of nitrogens with one attached hydrogen (secondary N) is 1. The summed E-state index contributed by atoms with van der Waals surface area (Å²) in [4.78, 5) is 7.54. The molecule has 0 amide bonds. The minimum atomic E-state index is -0.176. The Labute approximate surface area is 338 Å². The van der Waals surface area contributed by atoms with Crippen molar-refractivity contribution in [2.24, 2.45) is 4.99 Å². The number of aliphatic imine (C=N–C) groups is 1. The number of fused-ring (bicyclic) bond motifs is 7. The molecule has 2 aliphatic rings. The first kappa shape index (κ1) is 33.6. The van der Waals surface area contributed by atoms with Gasteiger partial charge in [0.25, 0.3) is 0 Å². The molecule has 0 aliphatic carbocycles. The van der Waals surface area contributed by atoms with Gasteiger partial charge in [-0.3, -0.25) is 4.99 Å². The molecule has 0 saturated heterocycles. The summed E-state index contributed by atoms with van der Waals surface area (Å²) in [6.45, 7) is 0. The minimum absolute atomic E-state index is 0.176. The van der Waals surface area contributed by atoms with Crippen LogP contribution in [0.15, 0.2) is 223 Å². The van der Waals surface area contributed by atoms with Crippen LogP contribution in [0.25, 0.3) is 55.8 Å².